The van der Waals surface area contributed by atoms with E-state index in [4.69, 9.17) is 0 Å². The molecule has 0 aromatic heterocycles. The van der Waals surface area contributed by atoms with Gasteiger partial charge in [-0.1, -0.05) is 285 Å². The molecule has 8 heteroatoms. The highest BCUT2D eigenvalue weighted by molar-refractivity contribution is 5.75. The molecule has 0 spiro atoms. The average molecular weight is 1050 g/mol. The van der Waals surface area contributed by atoms with Crippen LogP contribution in [0.4, 0.5) is 11.4 Å². The number of nitrogens with one attached hydrogen (secondary N) is 3. The SMILES string of the molecule is CCCCCCCCCCCCCCN(CCCCN(CCCCCCCCCCCCCC)c1c(NCCCCCCCCCCCC)c(=O)c1=O)CC(O)CNC1=C(NCCCCCCCCCCCC)CC1. The minimum atomic E-state index is -0.422. The van der Waals surface area contributed by atoms with Crippen LogP contribution in [-0.2, 0) is 0 Å². The van der Waals surface area contributed by atoms with Crippen molar-refractivity contribution < 1.29 is 5.11 Å². The summed E-state index contributed by atoms with van der Waals surface area (Å²) in [6.45, 7) is 15.9. The Bertz CT molecular complexity index is 1490. The first kappa shape index (κ1) is 69.0. The Hall–Kier alpha value is -2.06. The summed E-state index contributed by atoms with van der Waals surface area (Å²) in [5.41, 5.74) is 3.30. The quantitative estimate of drug-likeness (QED) is 0.0379. The molecule has 0 radical (unpaired) electrons. The number of allylic oxidation sites excluding steroid dienone is 2. The number of anilines is 2. The van der Waals surface area contributed by atoms with E-state index in [1.807, 2.05) is 0 Å². The number of rotatable bonds is 61. The first-order valence-corrected chi connectivity index (χ1v) is 33.9. The molecule has 2 rings (SSSR count). The summed E-state index contributed by atoms with van der Waals surface area (Å²) in [4.78, 5) is 31.2. The lowest BCUT2D eigenvalue weighted by Gasteiger charge is -2.30. The van der Waals surface area contributed by atoms with Crippen molar-refractivity contribution >= 4 is 11.4 Å². The van der Waals surface area contributed by atoms with E-state index in [1.54, 1.807) is 0 Å². The summed E-state index contributed by atoms with van der Waals surface area (Å²) < 4.78 is 0. The van der Waals surface area contributed by atoms with Crippen LogP contribution in [0.5, 0.6) is 0 Å². The fourth-order valence-electron chi connectivity index (χ4n) is 11.5. The van der Waals surface area contributed by atoms with Crippen LogP contribution >= 0.6 is 0 Å². The standard InChI is InChI=1S/C67H129N5O3/c1-5-9-13-17-21-25-29-31-35-39-43-47-55-71(60-61(73)59-70-63-52-51-62(63)68-53-45-41-37-33-27-23-19-15-11-7-3)56-49-50-58-72(57-48-44-40-36-32-30-26-22-18-14-10-6-2)65-64(66(74)67(65)75)69-54-46-42-38-34-28-24-20-16-12-8-4/h61,68-70,73H,5-60H2,1-4H3. The second-order valence-corrected chi connectivity index (χ2v) is 23.9. The maximum atomic E-state index is 13.3. The Balaban J connectivity index is 1.93. The number of hydrogen-bond acceptors (Lipinski definition) is 8. The number of hydrogen-bond donors (Lipinski definition) is 4. The van der Waals surface area contributed by atoms with Gasteiger partial charge in [0.1, 0.15) is 11.4 Å². The fraction of sp³-hybridized carbons (Fsp3) is 0.910. The van der Waals surface area contributed by atoms with Crippen LogP contribution < -0.4 is 31.7 Å². The predicted molar refractivity (Wildman–Crippen MR) is 332 cm³/mol. The van der Waals surface area contributed by atoms with Gasteiger partial charge in [-0.2, -0.15) is 0 Å². The zero-order chi connectivity index (χ0) is 53.9. The average Bonchev–Trinajstić information content (AvgIpc) is 3.40. The molecular formula is C67H129N5O3. The summed E-state index contributed by atoms with van der Waals surface area (Å²) in [6.07, 6.45) is 62.1. The van der Waals surface area contributed by atoms with E-state index in [0.29, 0.717) is 24.5 Å². The maximum absolute atomic E-state index is 13.3. The normalized spacial score (nSPS) is 13.1. The zero-order valence-corrected chi connectivity index (χ0v) is 50.8. The van der Waals surface area contributed by atoms with Gasteiger partial charge in [0, 0.05) is 50.7 Å². The molecule has 440 valence electrons. The van der Waals surface area contributed by atoms with E-state index in [9.17, 15) is 14.7 Å². The fourth-order valence-corrected chi connectivity index (χ4v) is 11.5. The van der Waals surface area contributed by atoms with Gasteiger partial charge in [0.15, 0.2) is 0 Å². The molecular weight excluding hydrogens is 923 g/mol. The number of aliphatic hydroxyl groups is 1. The largest absolute Gasteiger partial charge is 0.390 e. The van der Waals surface area contributed by atoms with Gasteiger partial charge in [0.2, 0.25) is 0 Å². The van der Waals surface area contributed by atoms with E-state index in [2.05, 4.69) is 53.4 Å². The third-order valence-corrected chi connectivity index (χ3v) is 16.7. The van der Waals surface area contributed by atoms with Gasteiger partial charge in [-0.05, 0) is 64.5 Å². The van der Waals surface area contributed by atoms with Crippen LogP contribution in [-0.4, -0.2) is 68.5 Å². The highest BCUT2D eigenvalue weighted by Crippen LogP contribution is 2.25. The van der Waals surface area contributed by atoms with Crippen LogP contribution in [0.15, 0.2) is 21.0 Å². The molecule has 0 heterocycles. The van der Waals surface area contributed by atoms with Crippen molar-refractivity contribution in [2.45, 2.75) is 342 Å². The highest BCUT2D eigenvalue weighted by Gasteiger charge is 2.26. The van der Waals surface area contributed by atoms with Crippen molar-refractivity contribution in [3.8, 4) is 0 Å². The van der Waals surface area contributed by atoms with Gasteiger partial charge < -0.3 is 30.9 Å². The molecule has 4 N–H and O–H groups in total. The van der Waals surface area contributed by atoms with E-state index in [-0.39, 0.29) is 10.9 Å². The van der Waals surface area contributed by atoms with Crippen LogP contribution in [0.1, 0.15) is 336 Å². The molecule has 1 atom stereocenters. The van der Waals surface area contributed by atoms with Gasteiger partial charge in [0.05, 0.1) is 6.10 Å². The number of nitrogens with zero attached hydrogens (tertiary/aromatic N) is 2. The van der Waals surface area contributed by atoms with Gasteiger partial charge in [-0.15, -0.1) is 0 Å². The smallest absolute Gasteiger partial charge is 0.253 e. The molecule has 0 aliphatic heterocycles. The van der Waals surface area contributed by atoms with Crippen molar-refractivity contribution in [1.82, 2.24) is 15.5 Å². The molecule has 1 aromatic rings. The molecule has 0 saturated heterocycles. The monoisotopic (exact) mass is 1050 g/mol. The molecule has 1 unspecified atom stereocenters. The Morgan fingerprint density at radius 3 is 1.03 bits per heavy atom. The summed E-state index contributed by atoms with van der Waals surface area (Å²) in [7, 11) is 0. The Labute approximate surface area is 466 Å². The van der Waals surface area contributed by atoms with E-state index in [0.717, 1.165) is 77.8 Å². The first-order valence-electron chi connectivity index (χ1n) is 33.9. The van der Waals surface area contributed by atoms with Gasteiger partial charge in [-0.25, -0.2) is 0 Å². The van der Waals surface area contributed by atoms with Crippen molar-refractivity contribution in [3.63, 3.8) is 0 Å². The minimum absolute atomic E-state index is 0.289. The number of unbranched alkanes of at least 4 members (excludes halogenated alkanes) is 41. The van der Waals surface area contributed by atoms with Gasteiger partial charge in [0.25, 0.3) is 10.9 Å². The van der Waals surface area contributed by atoms with Crippen molar-refractivity contribution in [1.29, 1.82) is 0 Å². The third-order valence-electron chi connectivity index (χ3n) is 16.7. The lowest BCUT2D eigenvalue weighted by Crippen LogP contribution is -2.44. The van der Waals surface area contributed by atoms with Crippen molar-refractivity contribution in [3.05, 3.63) is 31.8 Å². The molecule has 1 aromatic carbocycles. The third kappa shape index (κ3) is 37.4. The molecule has 0 fully saturated rings. The Morgan fingerprint density at radius 2 is 0.653 bits per heavy atom. The van der Waals surface area contributed by atoms with E-state index >= 15 is 0 Å². The topological polar surface area (TPSA) is 96.9 Å². The van der Waals surface area contributed by atoms with Crippen LogP contribution in [0, 0.1) is 0 Å². The molecule has 8 nitrogen and oxygen atoms in total. The molecule has 0 saturated carbocycles. The summed E-state index contributed by atoms with van der Waals surface area (Å²) in [5.74, 6) is 0. The van der Waals surface area contributed by atoms with Gasteiger partial charge in [-0.3, -0.25) is 9.59 Å². The lowest BCUT2D eigenvalue weighted by atomic mass is 10.00. The highest BCUT2D eigenvalue weighted by atomic mass is 16.3. The maximum Gasteiger partial charge on any atom is 0.253 e. The first-order chi connectivity index (χ1) is 37.0. The van der Waals surface area contributed by atoms with Crippen LogP contribution in [0.3, 0.4) is 0 Å². The summed E-state index contributed by atoms with van der Waals surface area (Å²) >= 11 is 0. The predicted octanol–water partition coefficient (Wildman–Crippen LogP) is 18.4. The van der Waals surface area contributed by atoms with E-state index < -0.39 is 6.10 Å². The second kappa shape index (κ2) is 51.4. The number of aliphatic hydroxyl groups excluding tert-OH is 1. The zero-order valence-electron chi connectivity index (χ0n) is 50.8. The minimum Gasteiger partial charge on any atom is -0.390 e. The second-order valence-electron chi connectivity index (χ2n) is 23.9. The molecule has 1 aliphatic carbocycles. The lowest BCUT2D eigenvalue weighted by molar-refractivity contribution is 0.110. The van der Waals surface area contributed by atoms with Gasteiger partial charge >= 0.3 is 0 Å². The van der Waals surface area contributed by atoms with Crippen LogP contribution in [0.25, 0.3) is 0 Å². The molecule has 75 heavy (non-hydrogen) atoms. The molecule has 0 amide bonds. The van der Waals surface area contributed by atoms with E-state index in [1.165, 1.54) is 281 Å². The summed E-state index contributed by atoms with van der Waals surface area (Å²) in [5, 5.41) is 22.3. The molecule has 1 aliphatic rings. The molecule has 0 bridgehead atoms. The van der Waals surface area contributed by atoms with Crippen molar-refractivity contribution in [2.75, 3.05) is 62.6 Å². The Kier molecular flexibility index (Phi) is 47.3. The van der Waals surface area contributed by atoms with Crippen molar-refractivity contribution in [2.24, 2.45) is 0 Å². The van der Waals surface area contributed by atoms with Crippen LogP contribution in [0.2, 0.25) is 0 Å². The summed E-state index contributed by atoms with van der Waals surface area (Å²) in [6, 6.07) is 0. The Morgan fingerprint density at radius 1 is 0.360 bits per heavy atom.